The zero-order valence-electron chi connectivity index (χ0n) is 21.8. The van der Waals surface area contributed by atoms with E-state index in [2.05, 4.69) is 30.9 Å². The van der Waals surface area contributed by atoms with Crippen molar-refractivity contribution in [1.82, 2.24) is 29.5 Å². The second-order valence-electron chi connectivity index (χ2n) is 10.8. The van der Waals surface area contributed by atoms with E-state index >= 15 is 4.39 Å². The van der Waals surface area contributed by atoms with Gasteiger partial charge in [-0.1, -0.05) is 11.6 Å². The molecule has 39 heavy (non-hydrogen) atoms. The minimum Gasteiger partial charge on any atom is -0.461 e. The van der Waals surface area contributed by atoms with Gasteiger partial charge in [0.15, 0.2) is 11.5 Å². The number of rotatable bonds is 5. The second kappa shape index (κ2) is 10.1. The zero-order valence-corrected chi connectivity index (χ0v) is 24.1. The van der Waals surface area contributed by atoms with Gasteiger partial charge in [-0.15, -0.1) is 0 Å². The Kier molecular flexibility index (Phi) is 6.91. The number of ether oxygens (including phenoxy) is 1. The largest absolute Gasteiger partial charge is 0.461 e. The number of carbonyl (C=O) groups is 1. The molecule has 5 heterocycles. The molecular formula is C26H29BrClF2N7O2. The van der Waals surface area contributed by atoms with Crippen LogP contribution in [0.15, 0.2) is 16.6 Å². The van der Waals surface area contributed by atoms with Gasteiger partial charge in [0.05, 0.1) is 27.3 Å². The molecule has 0 radical (unpaired) electrons. The summed E-state index contributed by atoms with van der Waals surface area (Å²) in [5, 5.41) is 5.17. The number of halogens is 4. The molecule has 9 nitrogen and oxygen atoms in total. The fourth-order valence-electron chi connectivity index (χ4n) is 6.07. The van der Waals surface area contributed by atoms with Crippen LogP contribution in [0, 0.1) is 5.82 Å². The molecule has 13 heteroatoms. The fourth-order valence-corrected chi connectivity index (χ4v) is 6.56. The van der Waals surface area contributed by atoms with Crippen molar-refractivity contribution in [2.24, 2.45) is 0 Å². The lowest BCUT2D eigenvalue weighted by Crippen LogP contribution is -2.43. The number of carbonyl (C=O) groups excluding carboxylic acids is 1. The number of aromatic nitrogens is 4. The Morgan fingerprint density at radius 3 is 2.87 bits per heavy atom. The molecular weight excluding hydrogens is 596 g/mol. The van der Waals surface area contributed by atoms with Gasteiger partial charge in [0.1, 0.15) is 24.1 Å². The third kappa shape index (κ3) is 4.74. The topological polar surface area (TPSA) is 79.6 Å². The Labute approximate surface area is 238 Å². The van der Waals surface area contributed by atoms with Crippen LogP contribution in [0.3, 0.4) is 0 Å². The summed E-state index contributed by atoms with van der Waals surface area (Å²) in [5.41, 5.74) is 0.912. The van der Waals surface area contributed by atoms with Crippen LogP contribution in [-0.2, 0) is 13.1 Å². The molecule has 0 spiro atoms. The van der Waals surface area contributed by atoms with E-state index in [0.29, 0.717) is 49.5 Å². The zero-order chi connectivity index (χ0) is 27.5. The molecule has 0 aliphatic carbocycles. The SMILES string of the molecule is CN(C)C(=O)c1cc2n(n1)CCCN(c1nc(OC[C@@]34CCCN3C[C@H](F)C4)nc3c(F)c(Br)c(Cl)cc13)C2. The van der Waals surface area contributed by atoms with Crippen molar-refractivity contribution < 1.29 is 18.3 Å². The fraction of sp³-hybridized carbons (Fsp3) is 0.538. The number of fused-ring (bicyclic) bond motifs is 3. The third-order valence-electron chi connectivity index (χ3n) is 7.96. The first-order valence-electron chi connectivity index (χ1n) is 13.1. The highest BCUT2D eigenvalue weighted by molar-refractivity contribution is 9.10. The Hall–Kier alpha value is -2.57. The van der Waals surface area contributed by atoms with Crippen molar-refractivity contribution >= 4 is 50.2 Å². The highest BCUT2D eigenvalue weighted by Crippen LogP contribution is 2.41. The van der Waals surface area contributed by atoms with Crippen LogP contribution in [0.4, 0.5) is 14.6 Å². The van der Waals surface area contributed by atoms with Gasteiger partial charge in [-0.2, -0.15) is 15.1 Å². The summed E-state index contributed by atoms with van der Waals surface area (Å²) in [5.74, 6) is -0.296. The smallest absolute Gasteiger partial charge is 0.319 e. The number of hydrogen-bond acceptors (Lipinski definition) is 7. The van der Waals surface area contributed by atoms with Crippen LogP contribution >= 0.6 is 27.5 Å². The standard InChI is InChI=1S/C26H29BrClF2N7O2/c1-34(2)24(38)19-9-16-13-35(6-4-8-37(16)33-19)23-17-10-18(28)20(27)21(30)22(17)31-25(32-23)39-14-26-5-3-7-36(26)12-15(29)11-26/h9-10,15H,3-8,11-14H2,1-2H3/t15-,26+/m1/s1. The number of aryl methyl sites for hydroxylation is 1. The number of hydrogen-bond donors (Lipinski definition) is 0. The monoisotopic (exact) mass is 623 g/mol. The van der Waals surface area contributed by atoms with Crippen LogP contribution in [0.1, 0.15) is 41.9 Å². The summed E-state index contributed by atoms with van der Waals surface area (Å²) in [7, 11) is 3.38. The number of benzene rings is 1. The average molecular weight is 625 g/mol. The third-order valence-corrected chi connectivity index (χ3v) is 9.26. The molecule has 2 aromatic heterocycles. The van der Waals surface area contributed by atoms with Gasteiger partial charge in [0.2, 0.25) is 0 Å². The summed E-state index contributed by atoms with van der Waals surface area (Å²) >= 11 is 9.58. The molecule has 0 unspecified atom stereocenters. The van der Waals surface area contributed by atoms with Crippen LogP contribution in [0.25, 0.3) is 10.9 Å². The van der Waals surface area contributed by atoms with E-state index in [1.54, 1.807) is 26.2 Å². The predicted octanol–water partition coefficient (Wildman–Crippen LogP) is 4.45. The molecule has 3 aliphatic heterocycles. The molecule has 2 fully saturated rings. The van der Waals surface area contributed by atoms with Crippen molar-refractivity contribution in [1.29, 1.82) is 0 Å². The number of amides is 1. The predicted molar refractivity (Wildman–Crippen MR) is 147 cm³/mol. The van der Waals surface area contributed by atoms with Gasteiger partial charge in [-0.3, -0.25) is 14.4 Å². The van der Waals surface area contributed by atoms with E-state index in [4.69, 9.17) is 21.3 Å². The van der Waals surface area contributed by atoms with E-state index in [1.807, 2.05) is 9.58 Å². The highest BCUT2D eigenvalue weighted by Gasteiger charge is 2.49. The first kappa shape index (κ1) is 26.6. The lowest BCUT2D eigenvalue weighted by Gasteiger charge is -2.31. The molecule has 3 aromatic rings. The molecule has 2 atom stereocenters. The molecule has 208 valence electrons. The van der Waals surface area contributed by atoms with Crippen LogP contribution < -0.4 is 9.64 Å². The molecule has 0 saturated carbocycles. The maximum atomic E-state index is 15.5. The number of nitrogens with zero attached hydrogens (tertiary/aromatic N) is 7. The molecule has 6 rings (SSSR count). The summed E-state index contributed by atoms with van der Waals surface area (Å²) in [4.78, 5) is 27.4. The highest BCUT2D eigenvalue weighted by atomic mass is 79.9. The first-order chi connectivity index (χ1) is 18.6. The molecule has 1 aromatic carbocycles. The van der Waals surface area contributed by atoms with Crippen LogP contribution in [-0.4, -0.2) is 87.5 Å². The minimum absolute atomic E-state index is 0.0374. The quantitative estimate of drug-likeness (QED) is 0.388. The van der Waals surface area contributed by atoms with Crippen molar-refractivity contribution in [3.05, 3.63) is 38.8 Å². The van der Waals surface area contributed by atoms with E-state index < -0.39 is 12.0 Å². The summed E-state index contributed by atoms with van der Waals surface area (Å²) in [6.07, 6.45) is 2.08. The number of anilines is 1. The molecule has 0 N–H and O–H groups in total. The van der Waals surface area contributed by atoms with Gasteiger partial charge in [0, 0.05) is 45.5 Å². The average Bonchev–Trinajstić information content (AvgIpc) is 3.52. The maximum absolute atomic E-state index is 15.5. The van der Waals surface area contributed by atoms with Gasteiger partial charge in [0.25, 0.3) is 5.91 Å². The Bertz CT molecular complexity index is 1450. The van der Waals surface area contributed by atoms with Crippen molar-refractivity contribution in [3.8, 4) is 6.01 Å². The van der Waals surface area contributed by atoms with Gasteiger partial charge in [-0.05, 0) is 53.9 Å². The van der Waals surface area contributed by atoms with Gasteiger partial charge in [-0.25, -0.2) is 8.78 Å². The minimum atomic E-state index is -0.885. The summed E-state index contributed by atoms with van der Waals surface area (Å²) < 4.78 is 37.8. The Morgan fingerprint density at radius 1 is 1.26 bits per heavy atom. The van der Waals surface area contributed by atoms with Crippen molar-refractivity contribution in [2.45, 2.75) is 50.5 Å². The van der Waals surface area contributed by atoms with Crippen LogP contribution in [0.2, 0.25) is 5.02 Å². The Morgan fingerprint density at radius 2 is 2.08 bits per heavy atom. The van der Waals surface area contributed by atoms with E-state index in [0.717, 1.165) is 31.5 Å². The van der Waals surface area contributed by atoms with E-state index in [1.165, 1.54) is 4.90 Å². The Balaban J connectivity index is 1.38. The normalized spacial score (nSPS) is 23.1. The number of alkyl halides is 1. The van der Waals surface area contributed by atoms with Crippen LogP contribution in [0.5, 0.6) is 6.01 Å². The molecule has 2 saturated heterocycles. The van der Waals surface area contributed by atoms with Crippen molar-refractivity contribution in [3.63, 3.8) is 0 Å². The van der Waals surface area contributed by atoms with Gasteiger partial charge < -0.3 is 14.5 Å². The molecule has 0 bridgehead atoms. The molecule has 1 amide bonds. The maximum Gasteiger partial charge on any atom is 0.319 e. The first-order valence-corrected chi connectivity index (χ1v) is 14.2. The van der Waals surface area contributed by atoms with E-state index in [-0.39, 0.29) is 39.1 Å². The van der Waals surface area contributed by atoms with Crippen molar-refractivity contribution in [2.75, 3.05) is 45.2 Å². The van der Waals surface area contributed by atoms with E-state index in [9.17, 15) is 9.18 Å². The summed E-state index contributed by atoms with van der Waals surface area (Å²) in [6, 6.07) is 3.47. The molecule has 3 aliphatic rings. The summed E-state index contributed by atoms with van der Waals surface area (Å²) in [6.45, 7) is 3.12. The second-order valence-corrected chi connectivity index (χ2v) is 12.0. The lowest BCUT2D eigenvalue weighted by molar-refractivity contribution is 0.0821. The van der Waals surface area contributed by atoms with Gasteiger partial charge >= 0.3 is 6.01 Å². The lowest BCUT2D eigenvalue weighted by atomic mass is 9.95.